The zero-order valence-corrected chi connectivity index (χ0v) is 6.93. The second-order valence-corrected chi connectivity index (χ2v) is 3.49. The van der Waals surface area contributed by atoms with Crippen LogP contribution in [0.4, 0.5) is 0 Å². The highest BCUT2D eigenvalue weighted by Gasteiger charge is 2.37. The molecular formula is C6H8BrN3. The van der Waals surface area contributed by atoms with E-state index in [0.29, 0.717) is 12.0 Å². The van der Waals surface area contributed by atoms with Crippen LogP contribution in [-0.4, -0.2) is 16.2 Å². The molecular weight excluding hydrogens is 194 g/mol. The summed E-state index contributed by atoms with van der Waals surface area (Å²) in [6.07, 6.45) is 2.85. The van der Waals surface area contributed by atoms with Gasteiger partial charge in [0.15, 0.2) is 0 Å². The Morgan fingerprint density at radius 1 is 1.80 bits per heavy atom. The van der Waals surface area contributed by atoms with Crippen LogP contribution in [0.15, 0.2) is 10.7 Å². The second kappa shape index (κ2) is 2.07. The summed E-state index contributed by atoms with van der Waals surface area (Å²) in [4.78, 5) is 0. The van der Waals surface area contributed by atoms with Gasteiger partial charge in [0.1, 0.15) is 0 Å². The second-order valence-electron chi connectivity index (χ2n) is 2.64. The first-order valence-corrected chi connectivity index (χ1v) is 4.02. The first kappa shape index (κ1) is 6.37. The summed E-state index contributed by atoms with van der Waals surface area (Å²) in [5, 5.41) is 6.81. The Morgan fingerprint density at radius 3 is 2.90 bits per heavy atom. The largest absolute Gasteiger partial charge is 0.327 e. The summed E-state index contributed by atoms with van der Waals surface area (Å²) in [7, 11) is 0. The third-order valence-corrected chi connectivity index (χ3v) is 2.46. The fourth-order valence-corrected chi connectivity index (χ4v) is 1.57. The minimum Gasteiger partial charge on any atom is -0.327 e. The van der Waals surface area contributed by atoms with Crippen LogP contribution >= 0.6 is 15.9 Å². The molecule has 4 heteroatoms. The minimum absolute atomic E-state index is 0.344. The van der Waals surface area contributed by atoms with Crippen LogP contribution < -0.4 is 5.73 Å². The maximum Gasteiger partial charge on any atom is 0.0632 e. The molecule has 3 nitrogen and oxygen atoms in total. The van der Waals surface area contributed by atoms with Gasteiger partial charge in [0.05, 0.1) is 16.4 Å². The standard InChI is InChI=1S/C6H8BrN3/c7-4-2-9-10-6(4)3-1-5(3)8/h2-3,5H,1,8H2,(H,9,10). The average Bonchev–Trinajstić information content (AvgIpc) is 2.42. The van der Waals surface area contributed by atoms with Crippen molar-refractivity contribution in [2.24, 2.45) is 5.73 Å². The van der Waals surface area contributed by atoms with Gasteiger partial charge in [-0.3, -0.25) is 5.10 Å². The van der Waals surface area contributed by atoms with Crippen molar-refractivity contribution in [1.82, 2.24) is 10.2 Å². The van der Waals surface area contributed by atoms with Crippen LogP contribution in [-0.2, 0) is 0 Å². The van der Waals surface area contributed by atoms with Gasteiger partial charge in [-0.2, -0.15) is 5.10 Å². The van der Waals surface area contributed by atoms with Gasteiger partial charge in [-0.25, -0.2) is 0 Å². The molecule has 54 valence electrons. The molecule has 1 aliphatic carbocycles. The van der Waals surface area contributed by atoms with Crippen molar-refractivity contribution in [3.05, 3.63) is 16.4 Å². The summed E-state index contributed by atoms with van der Waals surface area (Å²) < 4.78 is 1.05. The van der Waals surface area contributed by atoms with Gasteiger partial charge < -0.3 is 5.73 Å². The van der Waals surface area contributed by atoms with Crippen molar-refractivity contribution < 1.29 is 0 Å². The number of H-pyrrole nitrogens is 1. The number of aromatic amines is 1. The molecule has 0 aromatic carbocycles. The lowest BCUT2D eigenvalue weighted by Gasteiger charge is -1.90. The molecule has 1 saturated carbocycles. The molecule has 10 heavy (non-hydrogen) atoms. The predicted molar refractivity (Wildman–Crippen MR) is 41.6 cm³/mol. The monoisotopic (exact) mass is 201 g/mol. The van der Waals surface area contributed by atoms with Crippen LogP contribution in [0.2, 0.25) is 0 Å². The van der Waals surface area contributed by atoms with E-state index < -0.39 is 0 Å². The quantitative estimate of drug-likeness (QED) is 0.713. The smallest absolute Gasteiger partial charge is 0.0632 e. The summed E-state index contributed by atoms with van der Waals surface area (Å²) in [6, 6.07) is 0.344. The number of halogens is 1. The van der Waals surface area contributed by atoms with Gasteiger partial charge >= 0.3 is 0 Å². The maximum atomic E-state index is 5.66. The number of aromatic nitrogens is 2. The fraction of sp³-hybridized carbons (Fsp3) is 0.500. The molecule has 1 aromatic heterocycles. The molecule has 1 aliphatic rings. The number of hydrogen-bond donors (Lipinski definition) is 2. The van der Waals surface area contributed by atoms with E-state index in [2.05, 4.69) is 26.1 Å². The maximum absolute atomic E-state index is 5.66. The van der Waals surface area contributed by atoms with Gasteiger partial charge in [0.25, 0.3) is 0 Å². The van der Waals surface area contributed by atoms with Crippen LogP contribution in [0.25, 0.3) is 0 Å². The highest BCUT2D eigenvalue weighted by Crippen LogP contribution is 2.40. The van der Waals surface area contributed by atoms with E-state index in [1.54, 1.807) is 6.20 Å². The molecule has 0 bridgehead atoms. The SMILES string of the molecule is NC1CC1c1[nH]ncc1Br. The molecule has 2 unspecified atom stereocenters. The summed E-state index contributed by atoms with van der Waals surface area (Å²) >= 11 is 3.39. The van der Waals surface area contributed by atoms with Gasteiger partial charge in [0.2, 0.25) is 0 Å². The van der Waals surface area contributed by atoms with Gasteiger partial charge in [-0.05, 0) is 22.4 Å². The summed E-state index contributed by atoms with van der Waals surface area (Å²) in [6.45, 7) is 0. The lowest BCUT2D eigenvalue weighted by atomic mass is 10.3. The Morgan fingerprint density at radius 2 is 2.50 bits per heavy atom. The van der Waals surface area contributed by atoms with E-state index in [1.165, 1.54) is 0 Å². The van der Waals surface area contributed by atoms with Crippen molar-refractivity contribution in [3.63, 3.8) is 0 Å². The number of rotatable bonds is 1. The first-order chi connectivity index (χ1) is 4.79. The molecule has 0 spiro atoms. The topological polar surface area (TPSA) is 54.7 Å². The predicted octanol–water partition coefficient (Wildman–Crippen LogP) is 0.987. The van der Waals surface area contributed by atoms with Crippen LogP contribution in [0.1, 0.15) is 18.0 Å². The fourth-order valence-electron chi connectivity index (χ4n) is 1.09. The summed E-state index contributed by atoms with van der Waals surface area (Å²) in [5.41, 5.74) is 6.80. The van der Waals surface area contributed by atoms with Crippen molar-refractivity contribution >= 4 is 15.9 Å². The lowest BCUT2D eigenvalue weighted by molar-refractivity contribution is 0.916. The zero-order valence-electron chi connectivity index (χ0n) is 5.34. The molecule has 3 N–H and O–H groups in total. The van der Waals surface area contributed by atoms with Crippen LogP contribution in [0.5, 0.6) is 0 Å². The Kier molecular flexibility index (Phi) is 1.32. The molecule has 0 saturated heterocycles. The van der Waals surface area contributed by atoms with E-state index in [9.17, 15) is 0 Å². The molecule has 1 heterocycles. The normalized spacial score (nSPS) is 30.6. The molecule has 2 rings (SSSR count). The zero-order chi connectivity index (χ0) is 7.14. The number of nitrogens with one attached hydrogen (secondary N) is 1. The highest BCUT2D eigenvalue weighted by molar-refractivity contribution is 9.10. The van der Waals surface area contributed by atoms with Crippen molar-refractivity contribution in [3.8, 4) is 0 Å². The van der Waals surface area contributed by atoms with Gasteiger partial charge in [-0.15, -0.1) is 0 Å². The minimum atomic E-state index is 0.344. The van der Waals surface area contributed by atoms with Crippen molar-refractivity contribution in [2.75, 3.05) is 0 Å². The third-order valence-electron chi connectivity index (χ3n) is 1.83. The highest BCUT2D eigenvalue weighted by atomic mass is 79.9. The van der Waals surface area contributed by atoms with E-state index in [-0.39, 0.29) is 0 Å². The van der Waals surface area contributed by atoms with Crippen molar-refractivity contribution in [2.45, 2.75) is 18.4 Å². The third kappa shape index (κ3) is 0.876. The number of nitrogens with two attached hydrogens (primary N) is 1. The van der Waals surface area contributed by atoms with Crippen LogP contribution in [0, 0.1) is 0 Å². The molecule has 0 aliphatic heterocycles. The molecule has 1 fully saturated rings. The van der Waals surface area contributed by atoms with E-state index in [1.807, 2.05) is 0 Å². The van der Waals surface area contributed by atoms with E-state index >= 15 is 0 Å². The number of nitrogens with zero attached hydrogens (tertiary/aromatic N) is 1. The Balaban J connectivity index is 2.26. The van der Waals surface area contributed by atoms with E-state index in [4.69, 9.17) is 5.73 Å². The Labute approximate surface area is 67.1 Å². The molecule has 0 amide bonds. The molecule has 0 radical (unpaired) electrons. The summed E-state index contributed by atoms with van der Waals surface area (Å²) in [5.74, 6) is 0.511. The lowest BCUT2D eigenvalue weighted by Crippen LogP contribution is -2.01. The Bertz CT molecular complexity index is 245. The average molecular weight is 202 g/mol. The van der Waals surface area contributed by atoms with Gasteiger partial charge in [0, 0.05) is 12.0 Å². The van der Waals surface area contributed by atoms with Gasteiger partial charge in [-0.1, -0.05) is 0 Å². The van der Waals surface area contributed by atoms with Crippen LogP contribution in [0.3, 0.4) is 0 Å². The molecule has 2 atom stereocenters. The van der Waals surface area contributed by atoms with E-state index in [0.717, 1.165) is 16.6 Å². The molecule has 1 aromatic rings. The Hall–Kier alpha value is -0.350. The van der Waals surface area contributed by atoms with Crippen molar-refractivity contribution in [1.29, 1.82) is 0 Å². The number of hydrogen-bond acceptors (Lipinski definition) is 2. The first-order valence-electron chi connectivity index (χ1n) is 3.23.